The Hall–Kier alpha value is -3.23. The molecule has 0 aliphatic carbocycles. The van der Waals surface area contributed by atoms with Crippen LogP contribution in [0.4, 0.5) is 0 Å². The summed E-state index contributed by atoms with van der Waals surface area (Å²) in [6.45, 7) is 8.55. The van der Waals surface area contributed by atoms with Crippen molar-refractivity contribution in [2.45, 2.75) is 103 Å². The van der Waals surface area contributed by atoms with Crippen molar-refractivity contribution in [2.75, 3.05) is 53.0 Å². The molecule has 262 valence electrons. The molecule has 8 heteroatoms. The monoisotopic (exact) mass is 652 g/mol. The Kier molecular flexibility index (Phi) is 18.2. The van der Waals surface area contributed by atoms with Crippen molar-refractivity contribution in [2.24, 2.45) is 0 Å². The maximum absolute atomic E-state index is 13.1. The number of piperazine rings is 1. The van der Waals surface area contributed by atoms with Crippen molar-refractivity contribution in [3.8, 4) is 23.0 Å². The number of phenols is 1. The number of methoxy groups -OCH3 is 1. The number of unbranched alkanes of at least 4 members (excludes halogenated alkanes) is 11. The molecule has 1 aliphatic rings. The highest BCUT2D eigenvalue weighted by Gasteiger charge is 2.22. The van der Waals surface area contributed by atoms with Crippen LogP contribution in [0.5, 0.6) is 23.0 Å². The second-order valence-corrected chi connectivity index (χ2v) is 12.7. The Morgan fingerprint density at radius 3 is 1.91 bits per heavy atom. The Morgan fingerprint density at radius 1 is 0.809 bits per heavy atom. The highest BCUT2D eigenvalue weighted by atomic mass is 16.5. The normalized spacial score (nSPS) is 14.4. The minimum absolute atomic E-state index is 0.0228. The molecule has 1 heterocycles. The Bertz CT molecular complexity index is 1190. The molecular weight excluding hydrogens is 592 g/mol. The van der Waals surface area contributed by atoms with Crippen molar-refractivity contribution in [3.05, 3.63) is 53.6 Å². The van der Waals surface area contributed by atoms with E-state index in [-0.39, 0.29) is 11.7 Å². The van der Waals surface area contributed by atoms with Gasteiger partial charge in [-0.1, -0.05) is 96.6 Å². The zero-order valence-electron chi connectivity index (χ0n) is 29.3. The standard InChI is InChI=1S/C39H60N2O6/c1-4-6-8-10-12-14-16-27-47-37-29-32(28-36(39(37)44)46-26-15-13-11-9-7-5-2)20-21-38(43)41-24-22-40(23-25-41)31-35(42)33-18-17-19-34(30-33)45-3/h17-21,28-30,35,42,44H,4-16,22-27,31H2,1-3H3/b21-20+. The Morgan fingerprint density at radius 2 is 1.36 bits per heavy atom. The van der Waals surface area contributed by atoms with Crippen LogP contribution in [0.1, 0.15) is 115 Å². The van der Waals surface area contributed by atoms with Crippen molar-refractivity contribution in [1.29, 1.82) is 0 Å². The van der Waals surface area contributed by atoms with Crippen LogP contribution in [-0.2, 0) is 4.79 Å². The van der Waals surface area contributed by atoms with Gasteiger partial charge in [-0.05, 0) is 54.3 Å². The highest BCUT2D eigenvalue weighted by molar-refractivity contribution is 5.92. The van der Waals surface area contributed by atoms with Crippen molar-refractivity contribution in [1.82, 2.24) is 9.80 Å². The lowest BCUT2D eigenvalue weighted by Gasteiger charge is -2.35. The van der Waals surface area contributed by atoms with Gasteiger partial charge >= 0.3 is 0 Å². The summed E-state index contributed by atoms with van der Waals surface area (Å²) in [5.74, 6) is 1.47. The van der Waals surface area contributed by atoms with Crippen LogP contribution in [0.15, 0.2) is 42.5 Å². The van der Waals surface area contributed by atoms with Crippen LogP contribution in [0, 0.1) is 0 Å². The molecule has 1 fully saturated rings. The van der Waals surface area contributed by atoms with Gasteiger partial charge in [0.05, 0.1) is 26.4 Å². The first-order chi connectivity index (χ1) is 22.9. The first-order valence-electron chi connectivity index (χ1n) is 18.1. The first kappa shape index (κ1) is 38.2. The summed E-state index contributed by atoms with van der Waals surface area (Å²) in [6, 6.07) is 11.1. The molecule has 2 aromatic carbocycles. The zero-order chi connectivity index (χ0) is 33.7. The number of benzene rings is 2. The molecule has 1 unspecified atom stereocenters. The largest absolute Gasteiger partial charge is 0.502 e. The second-order valence-electron chi connectivity index (χ2n) is 12.7. The fraction of sp³-hybridized carbons (Fsp3) is 0.615. The average molecular weight is 653 g/mol. The zero-order valence-corrected chi connectivity index (χ0v) is 29.3. The molecule has 0 bridgehead atoms. The molecule has 0 spiro atoms. The number of ether oxygens (including phenoxy) is 3. The van der Waals surface area contributed by atoms with Gasteiger partial charge in [-0.15, -0.1) is 0 Å². The van der Waals surface area contributed by atoms with Crippen LogP contribution in [0.25, 0.3) is 6.08 Å². The number of nitrogens with zero attached hydrogens (tertiary/aromatic N) is 2. The number of aliphatic hydroxyl groups excluding tert-OH is 1. The van der Waals surface area contributed by atoms with Crippen molar-refractivity contribution >= 4 is 12.0 Å². The minimum Gasteiger partial charge on any atom is -0.502 e. The lowest BCUT2D eigenvalue weighted by atomic mass is 10.1. The van der Waals surface area contributed by atoms with E-state index in [2.05, 4.69) is 18.7 Å². The topological polar surface area (TPSA) is 91.7 Å². The molecule has 8 nitrogen and oxygen atoms in total. The van der Waals surface area contributed by atoms with Gasteiger partial charge in [0.2, 0.25) is 11.7 Å². The van der Waals surface area contributed by atoms with E-state index in [0.29, 0.717) is 57.4 Å². The first-order valence-corrected chi connectivity index (χ1v) is 18.1. The summed E-state index contributed by atoms with van der Waals surface area (Å²) in [6.07, 6.45) is 18.0. The van der Waals surface area contributed by atoms with Gasteiger partial charge in [0.15, 0.2) is 11.5 Å². The summed E-state index contributed by atoms with van der Waals surface area (Å²) < 4.78 is 17.3. The molecule has 1 saturated heterocycles. The number of β-amino-alcohol motifs (C(OH)–C–C–N with tert-alkyl or cyclic N) is 1. The van der Waals surface area contributed by atoms with E-state index in [4.69, 9.17) is 14.2 Å². The molecule has 1 aliphatic heterocycles. The quantitative estimate of drug-likeness (QED) is 0.0925. The highest BCUT2D eigenvalue weighted by Crippen LogP contribution is 2.38. The third-order valence-electron chi connectivity index (χ3n) is 8.84. The Labute approximate surface area is 283 Å². The van der Waals surface area contributed by atoms with Gasteiger partial charge in [0, 0.05) is 38.8 Å². The van der Waals surface area contributed by atoms with E-state index in [9.17, 15) is 15.0 Å². The van der Waals surface area contributed by atoms with Gasteiger partial charge in [0.1, 0.15) is 5.75 Å². The summed E-state index contributed by atoms with van der Waals surface area (Å²) in [4.78, 5) is 17.1. The summed E-state index contributed by atoms with van der Waals surface area (Å²) in [5.41, 5.74) is 1.57. The van der Waals surface area contributed by atoms with Crippen LogP contribution < -0.4 is 14.2 Å². The van der Waals surface area contributed by atoms with E-state index in [0.717, 1.165) is 42.6 Å². The third kappa shape index (κ3) is 14.2. The van der Waals surface area contributed by atoms with Gasteiger partial charge in [-0.2, -0.15) is 0 Å². The molecule has 47 heavy (non-hydrogen) atoms. The fourth-order valence-corrected chi connectivity index (χ4v) is 5.85. The van der Waals surface area contributed by atoms with Gasteiger partial charge in [-0.3, -0.25) is 9.69 Å². The van der Waals surface area contributed by atoms with Gasteiger partial charge in [0.25, 0.3) is 0 Å². The predicted molar refractivity (Wildman–Crippen MR) is 190 cm³/mol. The number of hydrogen-bond acceptors (Lipinski definition) is 7. The van der Waals surface area contributed by atoms with E-state index < -0.39 is 6.10 Å². The summed E-state index contributed by atoms with van der Waals surface area (Å²) in [7, 11) is 1.62. The number of aromatic hydroxyl groups is 1. The molecule has 2 aromatic rings. The number of phenolic OH excluding ortho intramolecular Hbond substituents is 1. The second kappa shape index (κ2) is 22.4. The number of amides is 1. The molecule has 2 N–H and O–H groups in total. The molecule has 1 amide bonds. The smallest absolute Gasteiger partial charge is 0.246 e. The van der Waals surface area contributed by atoms with Crippen LogP contribution in [0.2, 0.25) is 0 Å². The molecule has 1 atom stereocenters. The van der Waals surface area contributed by atoms with Crippen molar-refractivity contribution in [3.63, 3.8) is 0 Å². The van der Waals surface area contributed by atoms with Crippen molar-refractivity contribution < 1.29 is 29.2 Å². The van der Waals surface area contributed by atoms with E-state index in [1.54, 1.807) is 31.4 Å². The van der Waals surface area contributed by atoms with E-state index in [1.807, 2.05) is 29.2 Å². The van der Waals surface area contributed by atoms with Crippen LogP contribution in [-0.4, -0.2) is 79.0 Å². The molecule has 3 rings (SSSR count). The maximum Gasteiger partial charge on any atom is 0.246 e. The predicted octanol–water partition coefficient (Wildman–Crippen LogP) is 8.16. The number of carbonyl (C=O) groups excluding carboxylic acids is 1. The lowest BCUT2D eigenvalue weighted by Crippen LogP contribution is -2.49. The molecule has 0 aromatic heterocycles. The number of carbonyl (C=O) groups is 1. The van der Waals surface area contributed by atoms with Crippen LogP contribution in [0.3, 0.4) is 0 Å². The third-order valence-corrected chi connectivity index (χ3v) is 8.84. The number of hydrogen-bond donors (Lipinski definition) is 2. The SMILES string of the molecule is CCCCCCCCCOc1cc(/C=C/C(=O)N2CCN(CC(O)c3cccc(OC)c3)CC2)cc(OCCCCCCCC)c1O. The van der Waals surface area contributed by atoms with E-state index >= 15 is 0 Å². The fourth-order valence-electron chi connectivity index (χ4n) is 5.85. The van der Waals surface area contributed by atoms with Gasteiger partial charge < -0.3 is 29.3 Å². The van der Waals surface area contributed by atoms with Crippen LogP contribution >= 0.6 is 0 Å². The summed E-state index contributed by atoms with van der Waals surface area (Å²) >= 11 is 0. The Balaban J connectivity index is 1.54. The minimum atomic E-state index is -0.624. The van der Waals surface area contributed by atoms with E-state index in [1.165, 1.54) is 57.8 Å². The average Bonchev–Trinajstić information content (AvgIpc) is 3.09. The maximum atomic E-state index is 13.1. The molecule has 0 radical (unpaired) electrons. The summed E-state index contributed by atoms with van der Waals surface area (Å²) in [5, 5.41) is 21.7. The number of aliphatic hydroxyl groups is 1. The lowest BCUT2D eigenvalue weighted by molar-refractivity contribution is -0.127. The number of rotatable bonds is 23. The molecule has 0 saturated carbocycles. The molecular formula is C39H60N2O6. The van der Waals surface area contributed by atoms with Gasteiger partial charge in [-0.25, -0.2) is 0 Å².